The van der Waals surface area contributed by atoms with Gasteiger partial charge in [0.05, 0.1) is 48.4 Å². The first-order valence-corrected chi connectivity index (χ1v) is 13.0. The summed E-state index contributed by atoms with van der Waals surface area (Å²) in [6.07, 6.45) is -0.315. The van der Waals surface area contributed by atoms with Crippen LogP contribution in [-0.2, 0) is 32.9 Å². The highest BCUT2D eigenvalue weighted by Gasteiger charge is 2.25. The van der Waals surface area contributed by atoms with E-state index in [2.05, 4.69) is 9.44 Å². The zero-order valence-corrected chi connectivity index (χ0v) is 20.3. The van der Waals surface area contributed by atoms with E-state index in [-0.39, 0.29) is 41.1 Å². The molecule has 0 fully saturated rings. The summed E-state index contributed by atoms with van der Waals surface area (Å²) in [7, 11) is -7.72. The number of sulfonamides is 2. The van der Waals surface area contributed by atoms with Gasteiger partial charge in [-0.05, 0) is 65.7 Å². The van der Waals surface area contributed by atoms with Gasteiger partial charge >= 0.3 is 0 Å². The number of nitrogens with zero attached hydrogens (tertiary/aromatic N) is 2. The number of nitriles is 2. The Labute approximate surface area is 206 Å². The fourth-order valence-corrected chi connectivity index (χ4v) is 5.64. The minimum absolute atomic E-state index is 0.154. The summed E-state index contributed by atoms with van der Waals surface area (Å²) in [5.41, 5.74) is 0.124. The second-order valence-electron chi connectivity index (χ2n) is 7.39. The van der Waals surface area contributed by atoms with Crippen LogP contribution in [0.2, 0.25) is 0 Å². The summed E-state index contributed by atoms with van der Waals surface area (Å²) >= 11 is 0. The van der Waals surface area contributed by atoms with Crippen molar-refractivity contribution in [3.05, 3.63) is 77.4 Å². The van der Waals surface area contributed by atoms with Gasteiger partial charge in [-0.2, -0.15) is 10.5 Å². The Kier molecular flexibility index (Phi) is 7.77. The minimum Gasteiger partial charge on any atom is -0.495 e. The number of methoxy groups -OCH3 is 1. The summed E-state index contributed by atoms with van der Waals surface area (Å²) in [6.45, 7) is 0. The maximum absolute atomic E-state index is 13.9. The molecular formula is C23H18F2N4O5S2. The van der Waals surface area contributed by atoms with E-state index < -0.39 is 41.5 Å². The largest absolute Gasteiger partial charge is 0.495 e. The normalized spacial score (nSPS) is 11.2. The van der Waals surface area contributed by atoms with E-state index >= 15 is 0 Å². The predicted octanol–water partition coefficient (Wildman–Crippen LogP) is 3.71. The molecule has 0 aliphatic rings. The molecule has 0 spiro atoms. The fourth-order valence-electron chi connectivity index (χ4n) is 3.26. The number of nitrogens with one attached hydrogen (secondary N) is 2. The van der Waals surface area contributed by atoms with Crippen molar-refractivity contribution in [1.29, 1.82) is 10.5 Å². The number of anilines is 2. The van der Waals surface area contributed by atoms with Gasteiger partial charge in [-0.3, -0.25) is 9.44 Å². The highest BCUT2D eigenvalue weighted by Crippen LogP contribution is 2.30. The maximum atomic E-state index is 13.9. The highest BCUT2D eigenvalue weighted by molar-refractivity contribution is 7.93. The smallest absolute Gasteiger partial charge is 0.265 e. The summed E-state index contributed by atoms with van der Waals surface area (Å²) in [6, 6.07) is 13.2. The van der Waals surface area contributed by atoms with Gasteiger partial charge < -0.3 is 4.74 Å². The standard InChI is InChI=1S/C23H18F2N4O5S2/c1-34-22-3-2-21(35(30,31)28-19-10-15(4-6-26)8-17(24)12-19)14-23(22)36(32,33)29-20-11-16(5-7-27)9-18(25)13-20/h2-3,8-14,28-29H,4-5H2,1H3. The average Bonchev–Trinajstić information content (AvgIpc) is 2.77. The van der Waals surface area contributed by atoms with Crippen molar-refractivity contribution in [2.24, 2.45) is 0 Å². The molecule has 0 saturated carbocycles. The number of rotatable bonds is 9. The SMILES string of the molecule is COc1ccc(S(=O)(=O)Nc2cc(F)cc(CC#N)c2)cc1S(=O)(=O)Nc1cc(F)cc(CC#N)c1. The number of halogens is 2. The van der Waals surface area contributed by atoms with Crippen molar-refractivity contribution in [2.45, 2.75) is 22.6 Å². The predicted molar refractivity (Wildman–Crippen MR) is 126 cm³/mol. The second kappa shape index (κ2) is 10.6. The van der Waals surface area contributed by atoms with Crippen molar-refractivity contribution in [3.8, 4) is 17.9 Å². The second-order valence-corrected chi connectivity index (χ2v) is 10.7. The molecule has 0 saturated heterocycles. The Morgan fingerprint density at radius 3 is 1.75 bits per heavy atom. The molecule has 0 amide bonds. The van der Waals surface area contributed by atoms with Crippen molar-refractivity contribution >= 4 is 31.4 Å². The van der Waals surface area contributed by atoms with Crippen LogP contribution in [0.15, 0.2) is 64.4 Å². The van der Waals surface area contributed by atoms with Crippen molar-refractivity contribution in [1.82, 2.24) is 0 Å². The average molecular weight is 533 g/mol. The van der Waals surface area contributed by atoms with Gasteiger partial charge in [-0.1, -0.05) is 0 Å². The first kappa shape index (κ1) is 26.4. The zero-order valence-electron chi connectivity index (χ0n) is 18.6. The molecule has 0 bridgehead atoms. The molecule has 0 heterocycles. The van der Waals surface area contributed by atoms with Crippen molar-refractivity contribution in [2.75, 3.05) is 16.6 Å². The Bertz CT molecular complexity index is 1610. The fraction of sp³-hybridized carbons (Fsp3) is 0.130. The van der Waals surface area contributed by atoms with Gasteiger partial charge in [0.2, 0.25) is 0 Å². The Balaban J connectivity index is 2.00. The first-order chi connectivity index (χ1) is 17.0. The van der Waals surface area contributed by atoms with Gasteiger partial charge in [0.25, 0.3) is 20.0 Å². The third-order valence-corrected chi connectivity index (χ3v) is 7.50. The summed E-state index contributed by atoms with van der Waals surface area (Å²) in [4.78, 5) is -1.05. The van der Waals surface area contributed by atoms with Crippen LogP contribution in [0.1, 0.15) is 11.1 Å². The van der Waals surface area contributed by atoms with E-state index in [1.165, 1.54) is 19.2 Å². The summed E-state index contributed by atoms with van der Waals surface area (Å²) in [5.74, 6) is -1.75. The van der Waals surface area contributed by atoms with Crippen LogP contribution in [0.4, 0.5) is 20.2 Å². The number of ether oxygens (including phenoxy) is 1. The van der Waals surface area contributed by atoms with Crippen LogP contribution < -0.4 is 14.2 Å². The molecule has 0 aromatic heterocycles. The summed E-state index contributed by atoms with van der Waals surface area (Å²) in [5, 5.41) is 17.6. The lowest BCUT2D eigenvalue weighted by atomic mass is 10.1. The molecule has 13 heteroatoms. The molecule has 3 rings (SSSR count). The van der Waals surface area contributed by atoms with E-state index in [4.69, 9.17) is 15.3 Å². The van der Waals surface area contributed by atoms with Crippen molar-refractivity contribution < 1.29 is 30.4 Å². The number of hydrogen-bond donors (Lipinski definition) is 2. The topological polar surface area (TPSA) is 149 Å². The lowest BCUT2D eigenvalue weighted by molar-refractivity contribution is 0.402. The van der Waals surface area contributed by atoms with Gasteiger partial charge in [-0.15, -0.1) is 0 Å². The quantitative estimate of drug-likeness (QED) is 0.427. The monoisotopic (exact) mass is 532 g/mol. The molecule has 3 aromatic carbocycles. The first-order valence-electron chi connectivity index (χ1n) is 10.0. The third-order valence-electron chi connectivity index (χ3n) is 4.72. The van der Waals surface area contributed by atoms with Crippen LogP contribution in [0.3, 0.4) is 0 Å². The molecule has 0 radical (unpaired) electrons. The van der Waals surface area contributed by atoms with Crippen LogP contribution in [-0.4, -0.2) is 23.9 Å². The molecule has 2 N–H and O–H groups in total. The van der Waals surface area contributed by atoms with Crippen molar-refractivity contribution in [3.63, 3.8) is 0 Å². The lowest BCUT2D eigenvalue weighted by Crippen LogP contribution is -2.17. The molecule has 36 heavy (non-hydrogen) atoms. The van der Waals surface area contributed by atoms with Gasteiger partial charge in [0, 0.05) is 0 Å². The van der Waals surface area contributed by atoms with Crippen LogP contribution in [0.5, 0.6) is 5.75 Å². The molecule has 0 aliphatic carbocycles. The molecule has 0 atom stereocenters. The van der Waals surface area contributed by atoms with E-state index in [0.717, 1.165) is 42.5 Å². The highest BCUT2D eigenvalue weighted by atomic mass is 32.2. The zero-order chi connectivity index (χ0) is 26.5. The minimum atomic E-state index is -4.49. The third kappa shape index (κ3) is 6.27. The van der Waals surface area contributed by atoms with E-state index in [0.29, 0.717) is 0 Å². The maximum Gasteiger partial charge on any atom is 0.265 e. The van der Waals surface area contributed by atoms with Gasteiger partial charge in [-0.25, -0.2) is 25.6 Å². The van der Waals surface area contributed by atoms with E-state index in [1.54, 1.807) is 0 Å². The molecule has 0 unspecified atom stereocenters. The lowest BCUT2D eigenvalue weighted by Gasteiger charge is -2.15. The van der Waals surface area contributed by atoms with Crippen LogP contribution in [0, 0.1) is 34.3 Å². The molecular weight excluding hydrogens is 514 g/mol. The van der Waals surface area contributed by atoms with Gasteiger partial charge in [0.1, 0.15) is 22.3 Å². The molecule has 3 aromatic rings. The van der Waals surface area contributed by atoms with E-state index in [1.807, 2.05) is 12.1 Å². The molecule has 0 aliphatic heterocycles. The summed E-state index contributed by atoms with van der Waals surface area (Å²) < 4.78 is 89.2. The number of benzene rings is 3. The molecule has 186 valence electrons. The van der Waals surface area contributed by atoms with E-state index in [9.17, 15) is 25.6 Å². The van der Waals surface area contributed by atoms with Crippen LogP contribution in [0.25, 0.3) is 0 Å². The van der Waals surface area contributed by atoms with Crippen LogP contribution >= 0.6 is 0 Å². The number of hydrogen-bond acceptors (Lipinski definition) is 7. The van der Waals surface area contributed by atoms with Gasteiger partial charge in [0.15, 0.2) is 0 Å². The Hall–Kier alpha value is -4.20. The Morgan fingerprint density at radius 1 is 0.778 bits per heavy atom. The Morgan fingerprint density at radius 2 is 1.28 bits per heavy atom. The molecule has 9 nitrogen and oxygen atoms in total.